The highest BCUT2D eigenvalue weighted by atomic mass is 19.1. The van der Waals surface area contributed by atoms with E-state index >= 15 is 0 Å². The number of likely N-dealkylation sites (tertiary alicyclic amines) is 1. The van der Waals surface area contributed by atoms with Gasteiger partial charge in [-0.05, 0) is 55.6 Å². The number of aryl methyl sites for hydroxylation is 1. The van der Waals surface area contributed by atoms with E-state index in [9.17, 15) is 4.39 Å². The summed E-state index contributed by atoms with van der Waals surface area (Å²) in [6.07, 6.45) is 5.45. The largest absolute Gasteiger partial charge is 0.373 e. The molecule has 0 N–H and O–H groups in total. The summed E-state index contributed by atoms with van der Waals surface area (Å²) in [7, 11) is 3.89. The predicted molar refractivity (Wildman–Crippen MR) is 99.9 cm³/mol. The zero-order valence-corrected chi connectivity index (χ0v) is 15.2. The lowest BCUT2D eigenvalue weighted by Gasteiger charge is -2.40. The van der Waals surface area contributed by atoms with Gasteiger partial charge in [-0.1, -0.05) is 24.8 Å². The molecule has 132 valence electrons. The minimum atomic E-state index is -0.350. The smallest absolute Gasteiger partial charge is 0.126 e. The second-order valence-electron chi connectivity index (χ2n) is 6.83. The summed E-state index contributed by atoms with van der Waals surface area (Å²) in [5, 5.41) is 0. The maximum atomic E-state index is 14.0. The quantitative estimate of drug-likeness (QED) is 0.824. The number of hydrogen-bond acceptors (Lipinski definition) is 3. The van der Waals surface area contributed by atoms with Gasteiger partial charge in [-0.25, -0.2) is 4.39 Å². The normalized spacial score (nSPS) is 17.4. The van der Waals surface area contributed by atoms with Crippen LogP contribution >= 0.6 is 0 Å². The SMILES string of the molecule is C=Cc1cnc(-c2ccc(C)c(F)c2)cc1C1(OC)CCN(C)CC1. The molecule has 3 rings (SSSR count). The monoisotopic (exact) mass is 340 g/mol. The van der Waals surface area contributed by atoms with Gasteiger partial charge in [0.1, 0.15) is 5.82 Å². The number of methoxy groups -OCH3 is 1. The van der Waals surface area contributed by atoms with E-state index in [4.69, 9.17) is 4.74 Å². The molecule has 1 aliphatic heterocycles. The molecular formula is C21H25FN2O. The lowest BCUT2D eigenvalue weighted by molar-refractivity contribution is -0.0586. The van der Waals surface area contributed by atoms with E-state index in [2.05, 4.69) is 23.5 Å². The molecule has 0 bridgehead atoms. The van der Waals surface area contributed by atoms with Crippen molar-refractivity contribution in [3.63, 3.8) is 0 Å². The van der Waals surface area contributed by atoms with Crippen molar-refractivity contribution in [2.24, 2.45) is 0 Å². The molecule has 2 heterocycles. The van der Waals surface area contributed by atoms with Gasteiger partial charge >= 0.3 is 0 Å². The van der Waals surface area contributed by atoms with Crippen LogP contribution in [0.25, 0.3) is 17.3 Å². The Morgan fingerprint density at radius 2 is 2.00 bits per heavy atom. The van der Waals surface area contributed by atoms with Crippen LogP contribution in [0.1, 0.15) is 29.5 Å². The Bertz CT molecular complexity index is 779. The summed E-state index contributed by atoms with van der Waals surface area (Å²) in [6.45, 7) is 7.64. The van der Waals surface area contributed by atoms with Crippen molar-refractivity contribution in [3.8, 4) is 11.3 Å². The summed E-state index contributed by atoms with van der Waals surface area (Å²) in [5.41, 5.74) is 3.88. The summed E-state index contributed by atoms with van der Waals surface area (Å²) in [6, 6.07) is 7.28. The number of ether oxygens (including phenoxy) is 1. The Balaban J connectivity index is 2.08. The fourth-order valence-electron chi connectivity index (χ4n) is 3.50. The van der Waals surface area contributed by atoms with Crippen molar-refractivity contribution >= 4 is 6.08 Å². The fraction of sp³-hybridized carbons (Fsp3) is 0.381. The Morgan fingerprint density at radius 1 is 1.28 bits per heavy atom. The fourth-order valence-corrected chi connectivity index (χ4v) is 3.50. The van der Waals surface area contributed by atoms with Crippen LogP contribution in [-0.2, 0) is 10.3 Å². The topological polar surface area (TPSA) is 25.4 Å². The highest BCUT2D eigenvalue weighted by Crippen LogP contribution is 2.39. The average molecular weight is 340 g/mol. The first kappa shape index (κ1) is 17.8. The van der Waals surface area contributed by atoms with Crippen LogP contribution in [-0.4, -0.2) is 37.1 Å². The molecule has 1 aliphatic rings. The Hall–Kier alpha value is -2.04. The lowest BCUT2D eigenvalue weighted by Crippen LogP contribution is -2.42. The number of hydrogen-bond donors (Lipinski definition) is 0. The van der Waals surface area contributed by atoms with Crippen molar-refractivity contribution in [1.29, 1.82) is 0 Å². The Labute approximate surface area is 149 Å². The number of nitrogens with zero attached hydrogens (tertiary/aromatic N) is 2. The van der Waals surface area contributed by atoms with Gasteiger partial charge in [0.25, 0.3) is 0 Å². The minimum Gasteiger partial charge on any atom is -0.373 e. The zero-order chi connectivity index (χ0) is 18.0. The summed E-state index contributed by atoms with van der Waals surface area (Å²) in [4.78, 5) is 6.83. The van der Waals surface area contributed by atoms with Gasteiger partial charge in [0.2, 0.25) is 0 Å². The second kappa shape index (κ2) is 7.06. The molecule has 3 nitrogen and oxygen atoms in total. The van der Waals surface area contributed by atoms with Crippen LogP contribution in [0.2, 0.25) is 0 Å². The summed E-state index contributed by atoms with van der Waals surface area (Å²) in [5.74, 6) is -0.214. The lowest BCUT2D eigenvalue weighted by atomic mass is 9.81. The van der Waals surface area contributed by atoms with Crippen molar-refractivity contribution in [2.45, 2.75) is 25.4 Å². The average Bonchev–Trinajstić information content (AvgIpc) is 2.64. The molecule has 2 aromatic rings. The highest BCUT2D eigenvalue weighted by molar-refractivity contribution is 5.64. The van der Waals surface area contributed by atoms with Gasteiger partial charge in [0, 0.05) is 32.0 Å². The molecule has 0 unspecified atom stereocenters. The van der Waals surface area contributed by atoms with Gasteiger partial charge < -0.3 is 9.64 Å². The minimum absolute atomic E-state index is 0.214. The van der Waals surface area contributed by atoms with Crippen LogP contribution in [0.5, 0.6) is 0 Å². The molecule has 0 spiro atoms. The molecule has 0 amide bonds. The Kier molecular flexibility index (Phi) is 5.02. The third kappa shape index (κ3) is 3.37. The number of rotatable bonds is 4. The Morgan fingerprint density at radius 3 is 2.60 bits per heavy atom. The van der Waals surface area contributed by atoms with E-state index in [1.807, 2.05) is 24.4 Å². The van der Waals surface area contributed by atoms with Gasteiger partial charge in [0.15, 0.2) is 0 Å². The first-order valence-corrected chi connectivity index (χ1v) is 8.62. The number of piperidine rings is 1. The van der Waals surface area contributed by atoms with Crippen molar-refractivity contribution in [2.75, 3.05) is 27.2 Å². The first-order chi connectivity index (χ1) is 12.0. The summed E-state index contributed by atoms with van der Waals surface area (Å²) >= 11 is 0. The van der Waals surface area contributed by atoms with Crippen molar-refractivity contribution in [3.05, 3.63) is 59.5 Å². The zero-order valence-electron chi connectivity index (χ0n) is 15.2. The number of pyridine rings is 1. The van der Waals surface area contributed by atoms with Gasteiger partial charge in [-0.3, -0.25) is 4.98 Å². The molecule has 1 saturated heterocycles. The molecule has 1 aromatic carbocycles. The molecule has 1 fully saturated rings. The van der Waals surface area contributed by atoms with E-state index < -0.39 is 0 Å². The van der Waals surface area contributed by atoms with E-state index in [-0.39, 0.29) is 11.4 Å². The molecule has 1 aromatic heterocycles. The summed E-state index contributed by atoms with van der Waals surface area (Å²) < 4.78 is 20.0. The van der Waals surface area contributed by atoms with Crippen LogP contribution in [0.15, 0.2) is 37.0 Å². The first-order valence-electron chi connectivity index (χ1n) is 8.62. The number of halogens is 1. The maximum Gasteiger partial charge on any atom is 0.126 e. The maximum absolute atomic E-state index is 14.0. The van der Waals surface area contributed by atoms with E-state index in [1.54, 1.807) is 26.2 Å². The van der Waals surface area contributed by atoms with Gasteiger partial charge in [-0.15, -0.1) is 0 Å². The van der Waals surface area contributed by atoms with Gasteiger partial charge in [-0.2, -0.15) is 0 Å². The third-order valence-electron chi connectivity index (χ3n) is 5.30. The molecule has 25 heavy (non-hydrogen) atoms. The third-order valence-corrected chi connectivity index (χ3v) is 5.30. The second-order valence-corrected chi connectivity index (χ2v) is 6.83. The molecule has 0 saturated carbocycles. The number of aromatic nitrogens is 1. The van der Waals surface area contributed by atoms with Crippen LogP contribution < -0.4 is 0 Å². The molecule has 0 atom stereocenters. The van der Waals surface area contributed by atoms with Gasteiger partial charge in [0.05, 0.1) is 11.3 Å². The number of benzene rings is 1. The molecule has 4 heteroatoms. The van der Waals surface area contributed by atoms with Crippen LogP contribution in [0.3, 0.4) is 0 Å². The van der Waals surface area contributed by atoms with Crippen LogP contribution in [0, 0.1) is 12.7 Å². The van der Waals surface area contributed by atoms with E-state index in [1.165, 1.54) is 0 Å². The molecule has 0 aliphatic carbocycles. The highest BCUT2D eigenvalue weighted by Gasteiger charge is 2.37. The molecule has 0 radical (unpaired) electrons. The van der Waals surface area contributed by atoms with Crippen LogP contribution in [0.4, 0.5) is 4.39 Å². The van der Waals surface area contributed by atoms with Crippen molar-refractivity contribution < 1.29 is 9.13 Å². The van der Waals surface area contributed by atoms with Crippen molar-refractivity contribution in [1.82, 2.24) is 9.88 Å². The van der Waals surface area contributed by atoms with E-state index in [0.717, 1.165) is 48.3 Å². The standard InChI is InChI=1S/C21H25FN2O/c1-5-16-14-23-20(17-7-6-15(2)19(22)12-17)13-18(16)21(25-4)8-10-24(3)11-9-21/h5-7,12-14H,1,8-11H2,2-4H3. The predicted octanol–water partition coefficient (Wildman–Crippen LogP) is 4.41. The molecular weight excluding hydrogens is 315 g/mol. The van der Waals surface area contributed by atoms with E-state index in [0.29, 0.717) is 5.56 Å².